The minimum absolute atomic E-state index is 0.844. The van der Waals surface area contributed by atoms with Crippen molar-refractivity contribution in [1.29, 1.82) is 0 Å². The van der Waals surface area contributed by atoms with Gasteiger partial charge in [-0.05, 0) is 86.8 Å². The Kier molecular flexibility index (Phi) is 6.81. The van der Waals surface area contributed by atoms with Crippen molar-refractivity contribution in [2.24, 2.45) is 0 Å². The van der Waals surface area contributed by atoms with Gasteiger partial charge in [0.1, 0.15) is 11.5 Å². The van der Waals surface area contributed by atoms with Crippen LogP contribution in [0.25, 0.3) is 5.57 Å². The van der Waals surface area contributed by atoms with Gasteiger partial charge in [0.15, 0.2) is 0 Å². The second kappa shape index (κ2) is 9.09. The number of hydrogen-bond donors (Lipinski definition) is 0. The van der Waals surface area contributed by atoms with Gasteiger partial charge in [0, 0.05) is 4.47 Å². The molecule has 2 aromatic carbocycles. The van der Waals surface area contributed by atoms with Crippen molar-refractivity contribution in [2.75, 3.05) is 14.2 Å². The molecule has 0 atom stereocenters. The van der Waals surface area contributed by atoms with E-state index in [9.17, 15) is 0 Å². The molecule has 2 aromatic rings. The highest BCUT2D eigenvalue weighted by Crippen LogP contribution is 2.40. The predicted molar refractivity (Wildman–Crippen MR) is 120 cm³/mol. The molecule has 0 saturated heterocycles. The molecule has 4 heteroatoms. The molecular weight excluding hydrogens is 503 g/mol. The molecule has 26 heavy (non-hydrogen) atoms. The molecule has 2 aliphatic rings. The van der Waals surface area contributed by atoms with E-state index in [-0.39, 0.29) is 0 Å². The summed E-state index contributed by atoms with van der Waals surface area (Å²) in [5.41, 5.74) is 4.93. The lowest BCUT2D eigenvalue weighted by molar-refractivity contribution is 0.392. The van der Waals surface area contributed by atoms with Crippen LogP contribution in [0.2, 0.25) is 0 Å². The van der Waals surface area contributed by atoms with Crippen LogP contribution in [0.5, 0.6) is 11.5 Å². The summed E-state index contributed by atoms with van der Waals surface area (Å²) in [4.78, 5) is 0. The van der Waals surface area contributed by atoms with Gasteiger partial charge in [-0.15, -0.1) is 0 Å². The van der Waals surface area contributed by atoms with Crippen LogP contribution in [-0.2, 0) is 12.8 Å². The lowest BCUT2D eigenvalue weighted by atomic mass is 9.97. The van der Waals surface area contributed by atoms with Gasteiger partial charge in [-0.1, -0.05) is 46.3 Å². The first kappa shape index (κ1) is 19.5. The van der Waals surface area contributed by atoms with Crippen molar-refractivity contribution in [2.45, 2.75) is 25.7 Å². The van der Waals surface area contributed by atoms with Gasteiger partial charge in [-0.3, -0.25) is 0 Å². The number of methoxy groups -OCH3 is 2. The Morgan fingerprint density at radius 2 is 1.69 bits per heavy atom. The van der Waals surface area contributed by atoms with E-state index in [4.69, 9.17) is 9.47 Å². The van der Waals surface area contributed by atoms with Crippen molar-refractivity contribution in [1.82, 2.24) is 0 Å². The zero-order chi connectivity index (χ0) is 18.5. The Bertz CT molecular complexity index is 833. The molecule has 4 rings (SSSR count). The maximum Gasteiger partial charge on any atom is 0.130 e. The zero-order valence-corrected chi connectivity index (χ0v) is 18.8. The van der Waals surface area contributed by atoms with Crippen molar-refractivity contribution < 1.29 is 9.47 Å². The van der Waals surface area contributed by atoms with E-state index < -0.39 is 0 Å². The van der Waals surface area contributed by atoms with E-state index in [0.29, 0.717) is 0 Å². The fourth-order valence-corrected chi connectivity index (χ4v) is 4.55. The van der Waals surface area contributed by atoms with Crippen LogP contribution >= 0.6 is 38.5 Å². The van der Waals surface area contributed by atoms with E-state index in [2.05, 4.69) is 68.9 Å². The van der Waals surface area contributed by atoms with Crippen molar-refractivity contribution in [3.8, 4) is 11.5 Å². The van der Waals surface area contributed by atoms with E-state index in [1.54, 1.807) is 14.2 Å². The van der Waals surface area contributed by atoms with Crippen molar-refractivity contribution >= 4 is 44.1 Å². The summed E-state index contributed by atoms with van der Waals surface area (Å²) in [6.45, 7) is 0. The van der Waals surface area contributed by atoms with E-state index in [1.807, 2.05) is 18.2 Å². The molecular formula is C22H22BrIO2. The molecule has 0 aliphatic heterocycles. The first-order valence-electron chi connectivity index (χ1n) is 8.68. The van der Waals surface area contributed by atoms with Crippen molar-refractivity contribution in [3.63, 3.8) is 0 Å². The third-order valence-electron chi connectivity index (χ3n) is 4.60. The molecule has 0 radical (unpaired) electrons. The highest BCUT2D eigenvalue weighted by molar-refractivity contribution is 14.1. The molecule has 0 saturated carbocycles. The number of halogens is 2. The number of allylic oxidation sites excluding steroid dienone is 4. The fraction of sp³-hybridized carbons (Fsp3) is 0.273. The van der Waals surface area contributed by atoms with Crippen LogP contribution in [0, 0.1) is 0 Å². The maximum absolute atomic E-state index is 5.64. The molecule has 0 amide bonds. The summed E-state index contributed by atoms with van der Waals surface area (Å²) in [7, 11) is 3.42. The molecule has 136 valence electrons. The highest BCUT2D eigenvalue weighted by atomic mass is 127. The average Bonchev–Trinajstić information content (AvgIpc) is 2.65. The largest absolute Gasteiger partial charge is 0.496 e. The third-order valence-corrected chi connectivity index (χ3v) is 6.46. The minimum Gasteiger partial charge on any atom is -0.496 e. The van der Waals surface area contributed by atoms with Gasteiger partial charge in [0.2, 0.25) is 0 Å². The number of rotatable bonds is 3. The molecule has 0 heterocycles. The van der Waals surface area contributed by atoms with Crippen LogP contribution in [0.15, 0.2) is 56.6 Å². The topological polar surface area (TPSA) is 18.5 Å². The van der Waals surface area contributed by atoms with Gasteiger partial charge in [-0.25, -0.2) is 0 Å². The molecule has 0 unspecified atom stereocenters. The molecule has 0 N–H and O–H groups in total. The zero-order valence-electron chi connectivity index (χ0n) is 15.0. The van der Waals surface area contributed by atoms with Gasteiger partial charge >= 0.3 is 0 Å². The van der Waals surface area contributed by atoms with Gasteiger partial charge < -0.3 is 9.47 Å². The monoisotopic (exact) mass is 524 g/mol. The third kappa shape index (κ3) is 4.34. The van der Waals surface area contributed by atoms with E-state index in [1.165, 1.54) is 24.8 Å². The van der Waals surface area contributed by atoms with Gasteiger partial charge in [-0.2, -0.15) is 0 Å². The van der Waals surface area contributed by atoms with E-state index >= 15 is 0 Å². The summed E-state index contributed by atoms with van der Waals surface area (Å²) in [6.07, 6.45) is 8.47. The number of hydrogen-bond acceptors (Lipinski definition) is 2. The van der Waals surface area contributed by atoms with Gasteiger partial charge in [0.05, 0.1) is 19.8 Å². The van der Waals surface area contributed by atoms with Crippen LogP contribution in [0.3, 0.4) is 0 Å². The SMILES string of the molecule is COc1cccc(OC)c1C1=C(/I)CCc2ccc(c(Br)c2)CC\C=C\1. The Morgan fingerprint density at radius 1 is 0.962 bits per heavy atom. The summed E-state index contributed by atoms with van der Waals surface area (Å²) in [5.74, 6) is 1.69. The summed E-state index contributed by atoms with van der Waals surface area (Å²) >= 11 is 6.19. The average molecular weight is 525 g/mol. The Hall–Kier alpha value is -1.27. The minimum atomic E-state index is 0.844. The van der Waals surface area contributed by atoms with Gasteiger partial charge in [0.25, 0.3) is 0 Å². The molecule has 2 aliphatic carbocycles. The Balaban J connectivity index is 2.07. The molecule has 2 bridgehead atoms. The predicted octanol–water partition coefficient (Wildman–Crippen LogP) is 6.75. The normalized spacial score (nSPS) is 18.8. The van der Waals surface area contributed by atoms with Crippen LogP contribution in [0.4, 0.5) is 0 Å². The smallest absolute Gasteiger partial charge is 0.130 e. The molecule has 0 aromatic heterocycles. The lowest BCUT2D eigenvalue weighted by Crippen LogP contribution is -1.98. The highest BCUT2D eigenvalue weighted by Gasteiger charge is 2.16. The fourth-order valence-electron chi connectivity index (χ4n) is 3.20. The number of fused-ring (bicyclic) bond motifs is 7. The van der Waals surface area contributed by atoms with Crippen LogP contribution in [0.1, 0.15) is 29.5 Å². The van der Waals surface area contributed by atoms with Crippen molar-refractivity contribution in [3.05, 3.63) is 73.3 Å². The van der Waals surface area contributed by atoms with E-state index in [0.717, 1.165) is 42.7 Å². The lowest BCUT2D eigenvalue weighted by Gasteiger charge is -2.17. The summed E-state index contributed by atoms with van der Waals surface area (Å²) in [6, 6.07) is 12.7. The van der Waals surface area contributed by atoms with Crippen LogP contribution < -0.4 is 9.47 Å². The first-order chi connectivity index (χ1) is 12.6. The second-order valence-corrected chi connectivity index (χ2v) is 8.38. The molecule has 2 nitrogen and oxygen atoms in total. The first-order valence-corrected chi connectivity index (χ1v) is 10.5. The van der Waals surface area contributed by atoms with Crippen LogP contribution in [-0.4, -0.2) is 14.2 Å². The standard InChI is InChI=1S/C22H22BrIO2/c1-25-20-8-5-9-21(26-2)22(20)17-7-4-3-6-16-12-10-15(14-18(16)23)11-13-19(17)24/h4-5,7-10,12,14H,3,6,11,13H2,1-2H3/b7-4+,19-17+. The quantitative estimate of drug-likeness (QED) is 0.413. The Labute approximate surface area is 177 Å². The number of benzene rings is 2. The number of aryl methyl sites for hydroxylation is 2. The number of ether oxygens (including phenoxy) is 2. The molecule has 0 fully saturated rings. The molecule has 0 spiro atoms. The summed E-state index contributed by atoms with van der Waals surface area (Å²) in [5, 5.41) is 0. The second-order valence-electron chi connectivity index (χ2n) is 6.22. The maximum atomic E-state index is 5.64. The Morgan fingerprint density at radius 3 is 2.35 bits per heavy atom. The summed E-state index contributed by atoms with van der Waals surface area (Å²) < 4.78 is 13.8.